The first-order valence-corrected chi connectivity index (χ1v) is 18.3. The molecule has 0 saturated heterocycles. The number of aromatic nitrogens is 3. The summed E-state index contributed by atoms with van der Waals surface area (Å²) in [7, 11) is 0. The molecule has 0 spiro atoms. The SMILES string of the molecule is c1ccc(-c2ccc3cc(-c4nc(-c5ccc(-c6cccc7ccccc67)cc5)nc(-c5cc(-c6ccccc6)cc6ccccc56)n4)ccc3c2)cc1. The zero-order valence-electron chi connectivity index (χ0n) is 29.4. The number of fused-ring (bicyclic) bond motifs is 3. The van der Waals surface area contributed by atoms with Crippen LogP contribution in [0.4, 0.5) is 0 Å². The summed E-state index contributed by atoms with van der Waals surface area (Å²) < 4.78 is 0. The van der Waals surface area contributed by atoms with Crippen LogP contribution in [0.15, 0.2) is 200 Å². The normalized spacial score (nSPS) is 11.3. The zero-order valence-corrected chi connectivity index (χ0v) is 29.4. The summed E-state index contributed by atoms with van der Waals surface area (Å²) in [5.74, 6) is 1.91. The molecule has 0 saturated carbocycles. The van der Waals surface area contributed by atoms with Crippen LogP contribution in [0, 0.1) is 0 Å². The van der Waals surface area contributed by atoms with Gasteiger partial charge in [-0.3, -0.25) is 0 Å². The van der Waals surface area contributed by atoms with E-state index in [0.717, 1.165) is 49.5 Å². The molecular weight excluding hydrogens is 655 g/mol. The molecule has 10 aromatic rings. The Balaban J connectivity index is 1.14. The Morgan fingerprint density at radius 3 is 1.43 bits per heavy atom. The Kier molecular flexibility index (Phi) is 7.81. The highest BCUT2D eigenvalue weighted by atomic mass is 15.0. The number of hydrogen-bond acceptors (Lipinski definition) is 3. The summed E-state index contributed by atoms with van der Waals surface area (Å²) in [6, 6.07) is 70.6. The molecule has 0 aliphatic heterocycles. The van der Waals surface area contributed by atoms with Crippen molar-refractivity contribution >= 4 is 32.3 Å². The monoisotopic (exact) mass is 687 g/mol. The number of benzene rings is 9. The molecule has 0 atom stereocenters. The van der Waals surface area contributed by atoms with Crippen LogP contribution in [0.25, 0.3) is 99.9 Å². The summed E-state index contributed by atoms with van der Waals surface area (Å²) in [6.07, 6.45) is 0. The summed E-state index contributed by atoms with van der Waals surface area (Å²) in [5, 5.41) is 6.99. The van der Waals surface area contributed by atoms with Gasteiger partial charge in [-0.25, -0.2) is 15.0 Å². The number of hydrogen-bond donors (Lipinski definition) is 0. The Morgan fingerprint density at radius 2 is 0.704 bits per heavy atom. The van der Waals surface area contributed by atoms with Crippen LogP contribution in [-0.4, -0.2) is 15.0 Å². The minimum Gasteiger partial charge on any atom is -0.208 e. The van der Waals surface area contributed by atoms with E-state index in [1.165, 1.54) is 32.8 Å². The Hall–Kier alpha value is -7.23. The van der Waals surface area contributed by atoms with Crippen LogP contribution in [0.5, 0.6) is 0 Å². The van der Waals surface area contributed by atoms with Gasteiger partial charge in [0.2, 0.25) is 0 Å². The fourth-order valence-electron chi connectivity index (χ4n) is 7.52. The van der Waals surface area contributed by atoms with Gasteiger partial charge in [-0.1, -0.05) is 176 Å². The third-order valence-electron chi connectivity index (χ3n) is 10.3. The topological polar surface area (TPSA) is 38.7 Å². The van der Waals surface area contributed by atoms with E-state index < -0.39 is 0 Å². The minimum atomic E-state index is 0.633. The quantitative estimate of drug-likeness (QED) is 0.175. The van der Waals surface area contributed by atoms with Gasteiger partial charge in [0, 0.05) is 16.7 Å². The second-order valence-electron chi connectivity index (χ2n) is 13.7. The van der Waals surface area contributed by atoms with E-state index in [9.17, 15) is 0 Å². The van der Waals surface area contributed by atoms with Crippen LogP contribution >= 0.6 is 0 Å². The maximum absolute atomic E-state index is 5.23. The first-order chi connectivity index (χ1) is 26.7. The molecule has 1 heterocycles. The average Bonchev–Trinajstić information content (AvgIpc) is 3.26. The van der Waals surface area contributed by atoms with Crippen LogP contribution in [0.2, 0.25) is 0 Å². The first-order valence-electron chi connectivity index (χ1n) is 18.3. The molecule has 0 radical (unpaired) electrons. The molecule has 10 rings (SSSR count). The highest BCUT2D eigenvalue weighted by Gasteiger charge is 2.17. The third-order valence-corrected chi connectivity index (χ3v) is 10.3. The Bertz CT molecular complexity index is 2970. The highest BCUT2D eigenvalue weighted by Crippen LogP contribution is 2.36. The number of nitrogens with zero attached hydrogens (tertiary/aromatic N) is 3. The standard InChI is InChI=1S/C51H33N3/c1-3-12-34(13-4-1)39-26-27-41-31-43(29-28-40(41)30-39)50-52-49(38-24-22-37(23-25-38)46-21-11-18-36-16-7-9-19-45(36)46)53-51(54-50)48-33-44(35-14-5-2-6-15-35)32-42-17-8-10-20-47(42)48/h1-33H. The van der Waals surface area contributed by atoms with E-state index in [1.807, 2.05) is 12.1 Å². The van der Waals surface area contributed by atoms with Crippen molar-refractivity contribution in [2.45, 2.75) is 0 Å². The maximum atomic E-state index is 5.23. The van der Waals surface area contributed by atoms with Crippen molar-refractivity contribution in [1.82, 2.24) is 15.0 Å². The lowest BCUT2D eigenvalue weighted by atomic mass is 9.96. The van der Waals surface area contributed by atoms with Gasteiger partial charge in [-0.05, 0) is 90.0 Å². The van der Waals surface area contributed by atoms with Gasteiger partial charge in [0.15, 0.2) is 17.5 Å². The zero-order chi connectivity index (χ0) is 35.8. The van der Waals surface area contributed by atoms with Gasteiger partial charge >= 0.3 is 0 Å². The lowest BCUT2D eigenvalue weighted by molar-refractivity contribution is 1.08. The molecular formula is C51H33N3. The van der Waals surface area contributed by atoms with Crippen molar-refractivity contribution in [3.8, 4) is 67.5 Å². The van der Waals surface area contributed by atoms with E-state index >= 15 is 0 Å². The van der Waals surface area contributed by atoms with E-state index in [1.54, 1.807) is 0 Å². The largest absolute Gasteiger partial charge is 0.208 e. The van der Waals surface area contributed by atoms with Gasteiger partial charge in [0.1, 0.15) is 0 Å². The highest BCUT2D eigenvalue weighted by molar-refractivity contribution is 6.00. The van der Waals surface area contributed by atoms with E-state index in [-0.39, 0.29) is 0 Å². The predicted molar refractivity (Wildman–Crippen MR) is 225 cm³/mol. The van der Waals surface area contributed by atoms with Crippen LogP contribution in [0.3, 0.4) is 0 Å². The summed E-state index contributed by atoms with van der Waals surface area (Å²) in [4.78, 5) is 15.6. The second kappa shape index (κ2) is 13.4. The van der Waals surface area contributed by atoms with E-state index in [4.69, 9.17) is 15.0 Å². The molecule has 0 unspecified atom stereocenters. The molecule has 0 aliphatic rings. The Labute approximate surface area is 313 Å². The Morgan fingerprint density at radius 1 is 0.222 bits per heavy atom. The number of rotatable bonds is 6. The molecule has 252 valence electrons. The van der Waals surface area contributed by atoms with Crippen molar-refractivity contribution in [1.29, 1.82) is 0 Å². The molecule has 3 nitrogen and oxygen atoms in total. The van der Waals surface area contributed by atoms with Crippen molar-refractivity contribution in [2.75, 3.05) is 0 Å². The van der Waals surface area contributed by atoms with Gasteiger partial charge in [0.25, 0.3) is 0 Å². The fraction of sp³-hybridized carbons (Fsp3) is 0. The molecule has 0 bridgehead atoms. The van der Waals surface area contributed by atoms with E-state index in [0.29, 0.717) is 17.5 Å². The van der Waals surface area contributed by atoms with Crippen LogP contribution in [0.1, 0.15) is 0 Å². The molecule has 0 N–H and O–H groups in total. The molecule has 0 aliphatic carbocycles. The lowest BCUT2D eigenvalue weighted by Crippen LogP contribution is -2.01. The maximum Gasteiger partial charge on any atom is 0.164 e. The lowest BCUT2D eigenvalue weighted by Gasteiger charge is -2.13. The van der Waals surface area contributed by atoms with Gasteiger partial charge in [0.05, 0.1) is 0 Å². The molecule has 1 aromatic heterocycles. The molecule has 0 fully saturated rings. The summed E-state index contributed by atoms with van der Waals surface area (Å²) >= 11 is 0. The summed E-state index contributed by atoms with van der Waals surface area (Å²) in [5.41, 5.74) is 9.85. The van der Waals surface area contributed by atoms with E-state index in [2.05, 4.69) is 188 Å². The average molecular weight is 688 g/mol. The van der Waals surface area contributed by atoms with Crippen molar-refractivity contribution in [3.05, 3.63) is 200 Å². The smallest absolute Gasteiger partial charge is 0.164 e. The van der Waals surface area contributed by atoms with Crippen LogP contribution in [-0.2, 0) is 0 Å². The molecule has 54 heavy (non-hydrogen) atoms. The molecule has 9 aromatic carbocycles. The molecule has 3 heteroatoms. The first kappa shape index (κ1) is 31.5. The van der Waals surface area contributed by atoms with Crippen molar-refractivity contribution in [2.24, 2.45) is 0 Å². The fourth-order valence-corrected chi connectivity index (χ4v) is 7.52. The van der Waals surface area contributed by atoms with Gasteiger partial charge in [-0.2, -0.15) is 0 Å². The second-order valence-corrected chi connectivity index (χ2v) is 13.7. The van der Waals surface area contributed by atoms with Gasteiger partial charge in [-0.15, -0.1) is 0 Å². The summed E-state index contributed by atoms with van der Waals surface area (Å²) in [6.45, 7) is 0. The van der Waals surface area contributed by atoms with Crippen LogP contribution < -0.4 is 0 Å². The van der Waals surface area contributed by atoms with Gasteiger partial charge < -0.3 is 0 Å². The van der Waals surface area contributed by atoms with Crippen molar-refractivity contribution in [3.63, 3.8) is 0 Å². The molecule has 0 amide bonds. The predicted octanol–water partition coefficient (Wildman–Crippen LogP) is 13.3. The third kappa shape index (κ3) is 5.88. The van der Waals surface area contributed by atoms with Crippen molar-refractivity contribution < 1.29 is 0 Å². The minimum absolute atomic E-state index is 0.633.